The Kier molecular flexibility index (Phi) is 10.0. The fourth-order valence-electron chi connectivity index (χ4n) is 5.32. The van der Waals surface area contributed by atoms with Gasteiger partial charge in [0.15, 0.2) is 0 Å². The van der Waals surface area contributed by atoms with E-state index < -0.39 is 24.0 Å². The number of rotatable bonds is 13. The van der Waals surface area contributed by atoms with Gasteiger partial charge in [0.05, 0.1) is 11.5 Å². The van der Waals surface area contributed by atoms with E-state index in [0.717, 1.165) is 24.0 Å². The standard InChI is InChI=1S/C32H38N2O4/c1-2-3-4-5-6-7-8-10-15-23-21-33-30(34-22-23)27-20-28(31(35)36)29(26-19-14-13-18-25(26)27)38-32(37)24-16-11-9-12-17-24/h9,11-14,16-19,21-22,27-29H,2-8,10,15,20H2,1H3,(H,35,36). The molecule has 0 radical (unpaired) electrons. The Morgan fingerprint density at radius 3 is 2.11 bits per heavy atom. The summed E-state index contributed by atoms with van der Waals surface area (Å²) in [5, 5.41) is 10.1. The van der Waals surface area contributed by atoms with Crippen molar-refractivity contribution >= 4 is 11.9 Å². The van der Waals surface area contributed by atoms with Crippen molar-refractivity contribution in [2.75, 3.05) is 0 Å². The number of hydrogen-bond donors (Lipinski definition) is 1. The molecule has 0 bridgehead atoms. The first kappa shape index (κ1) is 27.5. The van der Waals surface area contributed by atoms with Crippen LogP contribution in [0, 0.1) is 5.92 Å². The van der Waals surface area contributed by atoms with Crippen molar-refractivity contribution in [2.45, 2.75) is 83.2 Å². The van der Waals surface area contributed by atoms with Gasteiger partial charge in [0.1, 0.15) is 11.9 Å². The third kappa shape index (κ3) is 7.06. The van der Waals surface area contributed by atoms with E-state index in [1.54, 1.807) is 24.3 Å². The molecule has 1 heterocycles. The number of carbonyl (C=O) groups is 2. The fraction of sp³-hybridized carbons (Fsp3) is 0.438. The van der Waals surface area contributed by atoms with E-state index in [9.17, 15) is 14.7 Å². The van der Waals surface area contributed by atoms with Crippen LogP contribution in [0.25, 0.3) is 0 Å². The van der Waals surface area contributed by atoms with Gasteiger partial charge >= 0.3 is 11.9 Å². The molecule has 4 rings (SSSR count). The largest absolute Gasteiger partial charge is 0.481 e. The van der Waals surface area contributed by atoms with Crippen LogP contribution in [0.15, 0.2) is 67.0 Å². The maximum Gasteiger partial charge on any atom is 0.338 e. The van der Waals surface area contributed by atoms with Crippen LogP contribution in [0.2, 0.25) is 0 Å². The molecule has 0 spiro atoms. The summed E-state index contributed by atoms with van der Waals surface area (Å²) < 4.78 is 5.81. The number of esters is 1. The molecule has 1 aromatic heterocycles. The summed E-state index contributed by atoms with van der Waals surface area (Å²) in [7, 11) is 0. The molecule has 0 fully saturated rings. The molecule has 1 aliphatic rings. The monoisotopic (exact) mass is 514 g/mol. The molecule has 200 valence electrons. The average molecular weight is 515 g/mol. The summed E-state index contributed by atoms with van der Waals surface area (Å²) in [5.41, 5.74) is 3.11. The minimum Gasteiger partial charge on any atom is -0.481 e. The Morgan fingerprint density at radius 2 is 1.45 bits per heavy atom. The van der Waals surface area contributed by atoms with E-state index in [4.69, 9.17) is 4.74 Å². The van der Waals surface area contributed by atoms with E-state index in [1.165, 1.54) is 44.9 Å². The van der Waals surface area contributed by atoms with Gasteiger partial charge in [0.2, 0.25) is 0 Å². The van der Waals surface area contributed by atoms with Crippen molar-refractivity contribution in [2.24, 2.45) is 5.92 Å². The lowest BCUT2D eigenvalue weighted by Crippen LogP contribution is -2.33. The molecule has 3 aromatic rings. The van der Waals surface area contributed by atoms with Crippen LogP contribution in [0.4, 0.5) is 0 Å². The van der Waals surface area contributed by atoms with E-state index >= 15 is 0 Å². The summed E-state index contributed by atoms with van der Waals surface area (Å²) in [6.45, 7) is 2.24. The van der Waals surface area contributed by atoms with E-state index in [-0.39, 0.29) is 12.3 Å². The van der Waals surface area contributed by atoms with Crippen molar-refractivity contribution in [3.05, 3.63) is 95.1 Å². The highest BCUT2D eigenvalue weighted by atomic mass is 16.5. The zero-order valence-electron chi connectivity index (χ0n) is 22.2. The summed E-state index contributed by atoms with van der Waals surface area (Å²) in [5.74, 6) is -2.10. The summed E-state index contributed by atoms with van der Waals surface area (Å²) >= 11 is 0. The Hall–Kier alpha value is -3.54. The molecular weight excluding hydrogens is 476 g/mol. The Morgan fingerprint density at radius 1 is 0.842 bits per heavy atom. The molecule has 6 nitrogen and oxygen atoms in total. The van der Waals surface area contributed by atoms with Gasteiger partial charge in [-0.25, -0.2) is 14.8 Å². The maximum absolute atomic E-state index is 12.8. The van der Waals surface area contributed by atoms with Crippen LogP contribution in [0.3, 0.4) is 0 Å². The number of hydrogen-bond acceptors (Lipinski definition) is 5. The predicted molar refractivity (Wildman–Crippen MR) is 147 cm³/mol. The molecule has 1 N–H and O–H groups in total. The highest BCUT2D eigenvalue weighted by Gasteiger charge is 2.42. The third-order valence-corrected chi connectivity index (χ3v) is 7.45. The number of carboxylic acid groups (broad SMARTS) is 1. The molecule has 0 aliphatic heterocycles. The Labute approximate surface area is 225 Å². The van der Waals surface area contributed by atoms with Crippen molar-refractivity contribution in [3.8, 4) is 0 Å². The van der Waals surface area contributed by atoms with Crippen LogP contribution in [0.5, 0.6) is 0 Å². The average Bonchev–Trinajstić information content (AvgIpc) is 2.95. The molecule has 3 atom stereocenters. The smallest absolute Gasteiger partial charge is 0.338 e. The highest BCUT2D eigenvalue weighted by molar-refractivity contribution is 5.89. The normalized spacial score (nSPS) is 18.5. The van der Waals surface area contributed by atoms with Crippen LogP contribution in [-0.2, 0) is 16.0 Å². The van der Waals surface area contributed by atoms with E-state index in [2.05, 4.69) is 16.9 Å². The molecule has 0 saturated heterocycles. The Bertz CT molecular complexity index is 1180. The van der Waals surface area contributed by atoms with Gasteiger partial charge < -0.3 is 9.84 Å². The van der Waals surface area contributed by atoms with Crippen LogP contribution < -0.4 is 0 Å². The number of aliphatic carboxylic acids is 1. The molecule has 0 saturated carbocycles. The third-order valence-electron chi connectivity index (χ3n) is 7.45. The second-order valence-electron chi connectivity index (χ2n) is 10.2. The second-order valence-corrected chi connectivity index (χ2v) is 10.2. The number of benzene rings is 2. The number of aromatic nitrogens is 2. The van der Waals surface area contributed by atoms with Gasteiger partial charge in [0, 0.05) is 18.3 Å². The molecule has 1 aliphatic carbocycles. The van der Waals surface area contributed by atoms with Crippen molar-refractivity contribution in [3.63, 3.8) is 0 Å². The van der Waals surface area contributed by atoms with Gasteiger partial charge in [-0.05, 0) is 48.1 Å². The van der Waals surface area contributed by atoms with E-state index in [0.29, 0.717) is 17.0 Å². The van der Waals surface area contributed by atoms with Crippen molar-refractivity contribution in [1.82, 2.24) is 9.97 Å². The Balaban J connectivity index is 1.44. The second kappa shape index (κ2) is 13.8. The topological polar surface area (TPSA) is 89.4 Å². The van der Waals surface area contributed by atoms with Gasteiger partial charge in [0.25, 0.3) is 0 Å². The lowest BCUT2D eigenvalue weighted by Gasteiger charge is -2.35. The molecular formula is C32H38N2O4. The van der Waals surface area contributed by atoms with Crippen LogP contribution in [-0.4, -0.2) is 27.0 Å². The maximum atomic E-state index is 12.8. The quantitative estimate of drug-likeness (QED) is 0.190. The number of fused-ring (bicyclic) bond motifs is 1. The minimum atomic E-state index is -0.998. The molecule has 3 unspecified atom stereocenters. The SMILES string of the molecule is CCCCCCCCCCc1cnc(C2CC(C(=O)O)C(OC(=O)c3ccccc3)c3ccccc32)nc1. The lowest BCUT2D eigenvalue weighted by molar-refractivity contribution is -0.147. The van der Waals surface area contributed by atoms with Gasteiger partial charge in [-0.1, -0.05) is 94.3 Å². The number of nitrogens with zero attached hydrogens (tertiary/aromatic N) is 2. The van der Waals surface area contributed by atoms with Crippen molar-refractivity contribution < 1.29 is 19.4 Å². The van der Waals surface area contributed by atoms with Crippen LogP contribution >= 0.6 is 0 Å². The number of ether oxygens (including phenoxy) is 1. The fourth-order valence-corrected chi connectivity index (χ4v) is 5.32. The number of carboxylic acids is 1. The molecule has 38 heavy (non-hydrogen) atoms. The number of unbranched alkanes of at least 4 members (excludes halogenated alkanes) is 7. The first-order chi connectivity index (χ1) is 18.6. The first-order valence-electron chi connectivity index (χ1n) is 14.0. The summed E-state index contributed by atoms with van der Waals surface area (Å²) in [4.78, 5) is 34.5. The van der Waals surface area contributed by atoms with Gasteiger partial charge in [-0.3, -0.25) is 4.79 Å². The van der Waals surface area contributed by atoms with Gasteiger partial charge in [-0.2, -0.15) is 0 Å². The zero-order chi connectivity index (χ0) is 26.7. The molecule has 2 aromatic carbocycles. The zero-order valence-corrected chi connectivity index (χ0v) is 22.2. The lowest BCUT2D eigenvalue weighted by atomic mass is 9.74. The van der Waals surface area contributed by atoms with Crippen molar-refractivity contribution in [1.29, 1.82) is 0 Å². The predicted octanol–water partition coefficient (Wildman–Crippen LogP) is 7.29. The number of carbonyl (C=O) groups excluding carboxylic acids is 1. The number of aryl methyl sites for hydroxylation is 1. The summed E-state index contributed by atoms with van der Waals surface area (Å²) in [6.07, 6.45) is 14.3. The molecule has 6 heteroatoms. The summed E-state index contributed by atoms with van der Waals surface area (Å²) in [6, 6.07) is 16.2. The van der Waals surface area contributed by atoms with Crippen LogP contribution in [0.1, 0.15) is 110 Å². The van der Waals surface area contributed by atoms with E-state index in [1.807, 2.05) is 42.7 Å². The van der Waals surface area contributed by atoms with Gasteiger partial charge in [-0.15, -0.1) is 0 Å². The highest BCUT2D eigenvalue weighted by Crippen LogP contribution is 2.45. The molecule has 0 amide bonds. The first-order valence-corrected chi connectivity index (χ1v) is 14.0. The minimum absolute atomic E-state index is 0.260.